The summed E-state index contributed by atoms with van der Waals surface area (Å²) in [4.78, 5) is 26.1. The van der Waals surface area contributed by atoms with E-state index >= 15 is 0 Å². The Bertz CT molecular complexity index is 715. The Balaban J connectivity index is 1.74. The number of rotatable bonds is 3. The molecule has 1 amide bonds. The van der Waals surface area contributed by atoms with Crippen LogP contribution in [0.2, 0.25) is 0 Å². The van der Waals surface area contributed by atoms with Crippen molar-refractivity contribution in [3.05, 3.63) is 29.6 Å². The second-order valence-corrected chi connectivity index (χ2v) is 5.85. The number of halogens is 1. The SMILES string of the molecule is C[C@]1(COc2ccc(C#N)c(F)c2)OC(=O)[C@H]2CCCN2C1=O. The molecule has 2 heterocycles. The van der Waals surface area contributed by atoms with Crippen molar-refractivity contribution in [3.63, 3.8) is 0 Å². The molecule has 0 aliphatic carbocycles. The quantitative estimate of drug-likeness (QED) is 0.787. The van der Waals surface area contributed by atoms with Gasteiger partial charge in [0.05, 0.1) is 5.56 Å². The van der Waals surface area contributed by atoms with Crippen LogP contribution in [-0.2, 0) is 14.3 Å². The molecule has 0 N–H and O–H groups in total. The highest BCUT2D eigenvalue weighted by Gasteiger charge is 2.52. The maximum atomic E-state index is 13.6. The molecule has 6 nitrogen and oxygen atoms in total. The first-order valence-corrected chi connectivity index (χ1v) is 7.31. The van der Waals surface area contributed by atoms with Gasteiger partial charge in [-0.25, -0.2) is 9.18 Å². The van der Waals surface area contributed by atoms with E-state index in [1.807, 2.05) is 0 Å². The molecule has 0 aromatic heterocycles. The lowest BCUT2D eigenvalue weighted by molar-refractivity contribution is -0.191. The number of ether oxygens (including phenoxy) is 2. The average Bonchev–Trinajstić information content (AvgIpc) is 3.01. The lowest BCUT2D eigenvalue weighted by atomic mass is 10.0. The summed E-state index contributed by atoms with van der Waals surface area (Å²) in [5.41, 5.74) is -1.52. The topological polar surface area (TPSA) is 79.6 Å². The minimum atomic E-state index is -1.43. The summed E-state index contributed by atoms with van der Waals surface area (Å²) in [7, 11) is 0. The van der Waals surface area contributed by atoms with Gasteiger partial charge in [-0.2, -0.15) is 5.26 Å². The largest absolute Gasteiger partial charge is 0.489 e. The Hall–Kier alpha value is -2.62. The fraction of sp³-hybridized carbons (Fsp3) is 0.438. The number of nitriles is 1. The van der Waals surface area contributed by atoms with E-state index in [1.54, 1.807) is 6.07 Å². The average molecular weight is 318 g/mol. The van der Waals surface area contributed by atoms with Gasteiger partial charge in [0.15, 0.2) is 0 Å². The van der Waals surface area contributed by atoms with Gasteiger partial charge in [-0.1, -0.05) is 0 Å². The molecule has 23 heavy (non-hydrogen) atoms. The summed E-state index contributed by atoms with van der Waals surface area (Å²) in [6, 6.07) is 5.00. The Morgan fingerprint density at radius 3 is 3.00 bits per heavy atom. The molecule has 7 heteroatoms. The van der Waals surface area contributed by atoms with E-state index in [0.29, 0.717) is 13.0 Å². The van der Waals surface area contributed by atoms with Gasteiger partial charge in [0.2, 0.25) is 5.60 Å². The molecule has 3 rings (SSSR count). The second-order valence-electron chi connectivity index (χ2n) is 5.85. The van der Waals surface area contributed by atoms with E-state index in [1.165, 1.54) is 24.0 Å². The first-order valence-electron chi connectivity index (χ1n) is 7.31. The van der Waals surface area contributed by atoms with Crippen LogP contribution in [0.5, 0.6) is 5.75 Å². The van der Waals surface area contributed by atoms with Crippen LogP contribution in [0.3, 0.4) is 0 Å². The molecule has 0 spiro atoms. The Morgan fingerprint density at radius 2 is 2.30 bits per heavy atom. The number of esters is 1. The maximum absolute atomic E-state index is 13.6. The number of nitrogens with zero attached hydrogens (tertiary/aromatic N) is 2. The third kappa shape index (κ3) is 2.61. The molecular weight excluding hydrogens is 303 g/mol. The van der Waals surface area contributed by atoms with Crippen LogP contribution in [0.1, 0.15) is 25.3 Å². The Kier molecular flexibility index (Phi) is 3.68. The molecular formula is C16H15FN2O4. The van der Waals surface area contributed by atoms with Crippen molar-refractivity contribution in [2.75, 3.05) is 13.2 Å². The van der Waals surface area contributed by atoms with E-state index in [9.17, 15) is 14.0 Å². The number of fused-ring (bicyclic) bond motifs is 1. The van der Waals surface area contributed by atoms with Gasteiger partial charge in [-0.05, 0) is 31.9 Å². The van der Waals surface area contributed by atoms with Crippen LogP contribution in [0.25, 0.3) is 0 Å². The summed E-state index contributed by atoms with van der Waals surface area (Å²) < 4.78 is 24.3. The van der Waals surface area contributed by atoms with Crippen LogP contribution in [0.15, 0.2) is 18.2 Å². The van der Waals surface area contributed by atoms with E-state index in [-0.39, 0.29) is 23.8 Å². The van der Waals surface area contributed by atoms with Crippen molar-refractivity contribution < 1.29 is 23.5 Å². The molecule has 0 saturated carbocycles. The molecule has 1 aromatic carbocycles. The molecule has 1 aromatic rings. The van der Waals surface area contributed by atoms with E-state index in [4.69, 9.17) is 14.7 Å². The molecule has 2 atom stereocenters. The van der Waals surface area contributed by atoms with Crippen molar-refractivity contribution >= 4 is 11.9 Å². The molecule has 2 aliphatic rings. The molecule has 2 fully saturated rings. The number of carbonyl (C=O) groups excluding carboxylic acids is 2. The molecule has 0 unspecified atom stereocenters. The zero-order valence-electron chi connectivity index (χ0n) is 12.5. The predicted octanol–water partition coefficient (Wildman–Crippen LogP) is 1.38. The van der Waals surface area contributed by atoms with Crippen LogP contribution in [-0.4, -0.2) is 41.6 Å². The number of morpholine rings is 1. The van der Waals surface area contributed by atoms with Crippen molar-refractivity contribution in [3.8, 4) is 11.8 Å². The summed E-state index contributed by atoms with van der Waals surface area (Å²) in [5.74, 6) is -1.27. The summed E-state index contributed by atoms with van der Waals surface area (Å²) in [5, 5.41) is 8.70. The highest BCUT2D eigenvalue weighted by atomic mass is 19.1. The lowest BCUT2D eigenvalue weighted by Crippen LogP contribution is -2.61. The zero-order chi connectivity index (χ0) is 16.6. The normalized spacial score (nSPS) is 26.5. The minimum absolute atomic E-state index is 0.0939. The first kappa shape index (κ1) is 15.3. The number of carbonyl (C=O) groups is 2. The van der Waals surface area contributed by atoms with Crippen LogP contribution >= 0.6 is 0 Å². The van der Waals surface area contributed by atoms with Crippen molar-refractivity contribution in [1.29, 1.82) is 5.26 Å². The zero-order valence-corrected chi connectivity index (χ0v) is 12.5. The van der Waals surface area contributed by atoms with Crippen LogP contribution in [0, 0.1) is 17.1 Å². The van der Waals surface area contributed by atoms with Gasteiger partial charge in [-0.15, -0.1) is 0 Å². The Morgan fingerprint density at radius 1 is 1.52 bits per heavy atom. The number of hydrogen-bond acceptors (Lipinski definition) is 5. The van der Waals surface area contributed by atoms with Crippen molar-refractivity contribution in [2.45, 2.75) is 31.4 Å². The minimum Gasteiger partial charge on any atom is -0.489 e. The van der Waals surface area contributed by atoms with E-state index < -0.39 is 23.4 Å². The first-order chi connectivity index (χ1) is 10.9. The van der Waals surface area contributed by atoms with E-state index in [0.717, 1.165) is 12.5 Å². The second kappa shape index (κ2) is 5.54. The number of cyclic esters (lactones) is 1. The molecule has 2 aliphatic heterocycles. The number of benzene rings is 1. The van der Waals surface area contributed by atoms with Crippen molar-refractivity contribution in [2.24, 2.45) is 0 Å². The number of amides is 1. The van der Waals surface area contributed by atoms with Gasteiger partial charge in [0.25, 0.3) is 5.91 Å². The highest BCUT2D eigenvalue weighted by Crippen LogP contribution is 2.31. The van der Waals surface area contributed by atoms with Crippen LogP contribution < -0.4 is 4.74 Å². The summed E-state index contributed by atoms with van der Waals surface area (Å²) in [6.07, 6.45) is 1.38. The predicted molar refractivity (Wildman–Crippen MR) is 75.8 cm³/mol. The van der Waals surface area contributed by atoms with Gasteiger partial charge in [-0.3, -0.25) is 4.79 Å². The third-order valence-electron chi connectivity index (χ3n) is 4.14. The van der Waals surface area contributed by atoms with Gasteiger partial charge in [0.1, 0.15) is 30.3 Å². The van der Waals surface area contributed by atoms with Gasteiger partial charge in [0, 0.05) is 12.6 Å². The van der Waals surface area contributed by atoms with E-state index in [2.05, 4.69) is 0 Å². The molecule has 0 bridgehead atoms. The van der Waals surface area contributed by atoms with Gasteiger partial charge < -0.3 is 14.4 Å². The fourth-order valence-electron chi connectivity index (χ4n) is 2.88. The monoisotopic (exact) mass is 318 g/mol. The standard InChI is InChI=1S/C16H15FN2O4/c1-16(9-22-11-5-4-10(8-18)12(17)7-11)15(21)19-6-2-3-13(19)14(20)23-16/h4-5,7,13H,2-3,6,9H2,1H3/t13-,16-/m1/s1. The number of hydrogen-bond donors (Lipinski definition) is 0. The van der Waals surface area contributed by atoms with Gasteiger partial charge >= 0.3 is 5.97 Å². The summed E-state index contributed by atoms with van der Waals surface area (Å²) >= 11 is 0. The summed E-state index contributed by atoms with van der Waals surface area (Å²) in [6.45, 7) is 1.80. The third-order valence-corrected chi connectivity index (χ3v) is 4.14. The fourth-order valence-corrected chi connectivity index (χ4v) is 2.88. The highest BCUT2D eigenvalue weighted by molar-refractivity contribution is 5.95. The lowest BCUT2D eigenvalue weighted by Gasteiger charge is -2.39. The smallest absolute Gasteiger partial charge is 0.330 e. The Labute approximate surface area is 132 Å². The van der Waals surface area contributed by atoms with Crippen molar-refractivity contribution in [1.82, 2.24) is 4.90 Å². The molecule has 2 saturated heterocycles. The molecule has 0 radical (unpaired) electrons. The van der Waals surface area contributed by atoms with Crippen LogP contribution in [0.4, 0.5) is 4.39 Å². The maximum Gasteiger partial charge on any atom is 0.330 e. The molecule has 120 valence electrons.